The molecule has 0 fully saturated rings. The second-order valence-electron chi connectivity index (χ2n) is 5.81. The van der Waals surface area contributed by atoms with E-state index in [0.717, 1.165) is 5.56 Å². The molecule has 2 N–H and O–H groups in total. The second-order valence-corrected chi connectivity index (χ2v) is 5.81. The van der Waals surface area contributed by atoms with Gasteiger partial charge < -0.3 is 19.5 Å². The molecule has 0 aliphatic rings. The van der Waals surface area contributed by atoms with E-state index in [4.69, 9.17) is 14.2 Å². The molecule has 2 amide bonds. The van der Waals surface area contributed by atoms with E-state index >= 15 is 0 Å². The fourth-order valence-electron chi connectivity index (χ4n) is 2.50. The maximum atomic E-state index is 12.5. The molecule has 2 aromatic carbocycles. The minimum absolute atomic E-state index is 0.164. The van der Waals surface area contributed by atoms with Crippen LogP contribution >= 0.6 is 0 Å². The van der Waals surface area contributed by atoms with Gasteiger partial charge in [0.05, 0.1) is 27.0 Å². The van der Waals surface area contributed by atoms with E-state index in [1.807, 2.05) is 6.07 Å². The van der Waals surface area contributed by atoms with Gasteiger partial charge in [-0.15, -0.1) is 0 Å². The summed E-state index contributed by atoms with van der Waals surface area (Å²) in [6.07, 6.45) is 0. The van der Waals surface area contributed by atoms with E-state index in [1.165, 1.54) is 28.3 Å². The molecular weight excluding hydrogens is 362 g/mol. The van der Waals surface area contributed by atoms with Crippen molar-refractivity contribution in [1.82, 2.24) is 5.43 Å². The minimum Gasteiger partial charge on any atom is -0.493 e. The first-order chi connectivity index (χ1) is 13.4. The van der Waals surface area contributed by atoms with Crippen LogP contribution in [0, 0.1) is 0 Å². The Labute approximate surface area is 163 Å². The first kappa shape index (κ1) is 20.8. The minimum atomic E-state index is -0.434. The van der Waals surface area contributed by atoms with Crippen LogP contribution in [0.1, 0.15) is 29.8 Å². The van der Waals surface area contributed by atoms with Crippen LogP contribution in [0.15, 0.2) is 41.5 Å². The molecule has 0 spiro atoms. The van der Waals surface area contributed by atoms with Gasteiger partial charge in [-0.2, -0.15) is 5.10 Å². The van der Waals surface area contributed by atoms with Crippen molar-refractivity contribution in [3.63, 3.8) is 0 Å². The average Bonchev–Trinajstić information content (AvgIpc) is 2.70. The van der Waals surface area contributed by atoms with Crippen molar-refractivity contribution < 1.29 is 23.8 Å². The number of nitrogens with zero attached hydrogens (tertiary/aromatic N) is 1. The number of amides is 2. The summed E-state index contributed by atoms with van der Waals surface area (Å²) in [4.78, 5) is 23.7. The Bertz CT molecular complexity index is 883. The third-order valence-electron chi connectivity index (χ3n) is 3.85. The molecular formula is C20H23N3O5. The maximum absolute atomic E-state index is 12.5. The zero-order valence-corrected chi connectivity index (χ0v) is 16.5. The van der Waals surface area contributed by atoms with Gasteiger partial charge in [-0.3, -0.25) is 9.59 Å². The van der Waals surface area contributed by atoms with Gasteiger partial charge in [0.15, 0.2) is 11.5 Å². The van der Waals surface area contributed by atoms with Gasteiger partial charge in [0.2, 0.25) is 11.7 Å². The molecule has 0 saturated carbocycles. The van der Waals surface area contributed by atoms with Crippen molar-refractivity contribution in [2.24, 2.45) is 5.10 Å². The lowest BCUT2D eigenvalue weighted by Crippen LogP contribution is -2.19. The summed E-state index contributed by atoms with van der Waals surface area (Å²) >= 11 is 0. The zero-order valence-electron chi connectivity index (χ0n) is 16.5. The van der Waals surface area contributed by atoms with Crippen LogP contribution in [0.2, 0.25) is 0 Å². The molecule has 0 aliphatic heterocycles. The predicted octanol–water partition coefficient (Wildman–Crippen LogP) is 2.82. The Balaban J connectivity index is 2.22. The monoisotopic (exact) mass is 385 g/mol. The summed E-state index contributed by atoms with van der Waals surface area (Å²) < 4.78 is 15.8. The molecule has 0 saturated heterocycles. The Hall–Kier alpha value is -3.55. The average molecular weight is 385 g/mol. The number of ether oxygens (including phenoxy) is 3. The number of hydrogen-bond acceptors (Lipinski definition) is 6. The van der Waals surface area contributed by atoms with Crippen molar-refractivity contribution in [2.75, 3.05) is 26.6 Å². The molecule has 0 heterocycles. The molecule has 2 aromatic rings. The number of benzene rings is 2. The highest BCUT2D eigenvalue weighted by atomic mass is 16.5. The van der Waals surface area contributed by atoms with Gasteiger partial charge in [-0.1, -0.05) is 12.1 Å². The molecule has 0 atom stereocenters. The summed E-state index contributed by atoms with van der Waals surface area (Å²) in [7, 11) is 4.44. The molecule has 148 valence electrons. The zero-order chi connectivity index (χ0) is 20.7. The standard InChI is InChI=1S/C20H23N3O5/c1-12(14-7-6-8-16(9-14)21-13(2)24)22-23-20(25)15-10-17(26-3)19(28-5)18(11-15)27-4/h6-11H,1-5H3,(H,21,24)(H,23,25)/b22-12+. The van der Waals surface area contributed by atoms with E-state index < -0.39 is 5.91 Å². The molecule has 8 nitrogen and oxygen atoms in total. The van der Waals surface area contributed by atoms with Crippen molar-refractivity contribution in [2.45, 2.75) is 13.8 Å². The fourth-order valence-corrected chi connectivity index (χ4v) is 2.50. The SMILES string of the molecule is COc1cc(C(=O)N/N=C(\C)c2cccc(NC(C)=O)c2)cc(OC)c1OC. The Morgan fingerprint density at radius 3 is 2.07 bits per heavy atom. The van der Waals surface area contributed by atoms with E-state index in [1.54, 1.807) is 37.3 Å². The number of carbonyl (C=O) groups excluding carboxylic acids is 2. The Morgan fingerprint density at radius 2 is 1.54 bits per heavy atom. The van der Waals surface area contributed by atoms with Crippen molar-refractivity contribution >= 4 is 23.2 Å². The van der Waals surface area contributed by atoms with E-state index in [-0.39, 0.29) is 5.91 Å². The topological polar surface area (TPSA) is 98.2 Å². The summed E-state index contributed by atoms with van der Waals surface area (Å²) in [5.41, 5.74) is 4.80. The van der Waals surface area contributed by atoms with Gasteiger partial charge in [0, 0.05) is 18.2 Å². The lowest BCUT2D eigenvalue weighted by molar-refractivity contribution is -0.114. The highest BCUT2D eigenvalue weighted by Crippen LogP contribution is 2.38. The van der Waals surface area contributed by atoms with Gasteiger partial charge in [-0.05, 0) is 36.8 Å². The lowest BCUT2D eigenvalue weighted by Gasteiger charge is -2.13. The maximum Gasteiger partial charge on any atom is 0.271 e. The fraction of sp³-hybridized carbons (Fsp3) is 0.250. The summed E-state index contributed by atoms with van der Waals surface area (Å²) in [6.45, 7) is 3.19. The molecule has 28 heavy (non-hydrogen) atoms. The van der Waals surface area contributed by atoms with Crippen LogP contribution < -0.4 is 25.0 Å². The van der Waals surface area contributed by atoms with Crippen LogP contribution in [-0.2, 0) is 4.79 Å². The predicted molar refractivity (Wildman–Crippen MR) is 107 cm³/mol. The third-order valence-corrected chi connectivity index (χ3v) is 3.85. The first-order valence-corrected chi connectivity index (χ1v) is 8.42. The van der Waals surface area contributed by atoms with Crippen LogP contribution in [0.25, 0.3) is 0 Å². The largest absolute Gasteiger partial charge is 0.493 e. The van der Waals surface area contributed by atoms with Gasteiger partial charge in [0.25, 0.3) is 5.91 Å². The van der Waals surface area contributed by atoms with Crippen LogP contribution in [-0.4, -0.2) is 38.9 Å². The second kappa shape index (κ2) is 9.40. The number of anilines is 1. The lowest BCUT2D eigenvalue weighted by atomic mass is 10.1. The van der Waals surface area contributed by atoms with Gasteiger partial charge in [-0.25, -0.2) is 5.43 Å². The molecule has 8 heteroatoms. The smallest absolute Gasteiger partial charge is 0.271 e. The highest BCUT2D eigenvalue weighted by Gasteiger charge is 2.17. The van der Waals surface area contributed by atoms with E-state index in [9.17, 15) is 9.59 Å². The van der Waals surface area contributed by atoms with Crippen molar-refractivity contribution in [1.29, 1.82) is 0 Å². The number of hydrazone groups is 1. The Kier molecular flexibility index (Phi) is 6.97. The molecule has 0 aromatic heterocycles. The van der Waals surface area contributed by atoms with Crippen molar-refractivity contribution in [3.8, 4) is 17.2 Å². The van der Waals surface area contributed by atoms with E-state index in [0.29, 0.717) is 34.2 Å². The summed E-state index contributed by atoms with van der Waals surface area (Å²) in [5.74, 6) is 0.543. The molecule has 0 unspecified atom stereocenters. The Morgan fingerprint density at radius 1 is 0.893 bits per heavy atom. The van der Waals surface area contributed by atoms with Crippen LogP contribution in [0.4, 0.5) is 5.69 Å². The normalized spacial score (nSPS) is 10.8. The van der Waals surface area contributed by atoms with Crippen molar-refractivity contribution in [3.05, 3.63) is 47.5 Å². The first-order valence-electron chi connectivity index (χ1n) is 8.42. The third kappa shape index (κ3) is 5.00. The molecule has 0 bridgehead atoms. The quantitative estimate of drug-likeness (QED) is 0.564. The van der Waals surface area contributed by atoms with Crippen LogP contribution in [0.3, 0.4) is 0 Å². The highest BCUT2D eigenvalue weighted by molar-refractivity contribution is 6.02. The number of rotatable bonds is 7. The van der Waals surface area contributed by atoms with Gasteiger partial charge in [0.1, 0.15) is 0 Å². The number of carbonyl (C=O) groups is 2. The summed E-state index contributed by atoms with van der Waals surface area (Å²) in [6, 6.07) is 10.2. The number of methoxy groups -OCH3 is 3. The summed E-state index contributed by atoms with van der Waals surface area (Å²) in [5, 5.41) is 6.84. The molecule has 0 aliphatic carbocycles. The van der Waals surface area contributed by atoms with Crippen LogP contribution in [0.5, 0.6) is 17.2 Å². The molecule has 2 rings (SSSR count). The van der Waals surface area contributed by atoms with Gasteiger partial charge >= 0.3 is 0 Å². The number of hydrogen-bond donors (Lipinski definition) is 2. The number of nitrogens with one attached hydrogen (secondary N) is 2. The molecule has 0 radical (unpaired) electrons. The van der Waals surface area contributed by atoms with E-state index in [2.05, 4.69) is 15.8 Å².